The Hall–Kier alpha value is -2.41. The van der Waals surface area contributed by atoms with E-state index in [0.29, 0.717) is 35.3 Å². The second kappa shape index (κ2) is 9.17. The van der Waals surface area contributed by atoms with Crippen LogP contribution in [0.4, 0.5) is 0 Å². The summed E-state index contributed by atoms with van der Waals surface area (Å²) in [6.07, 6.45) is 0.342. The molecule has 6 heteroatoms. The maximum atomic E-state index is 10.5. The molecule has 0 heterocycles. The summed E-state index contributed by atoms with van der Waals surface area (Å²) in [5, 5.41) is 37.5. The van der Waals surface area contributed by atoms with Crippen LogP contribution in [-0.4, -0.2) is 33.0 Å². The van der Waals surface area contributed by atoms with Crippen LogP contribution in [0, 0.1) is 0 Å². The zero-order valence-corrected chi connectivity index (χ0v) is 13.8. The van der Waals surface area contributed by atoms with E-state index in [1.54, 1.807) is 30.3 Å². The quantitative estimate of drug-likeness (QED) is 0.551. The third-order valence-electron chi connectivity index (χ3n) is 3.92. The second-order valence-corrected chi connectivity index (χ2v) is 5.73. The summed E-state index contributed by atoms with van der Waals surface area (Å²) >= 11 is 0. The lowest BCUT2D eigenvalue weighted by atomic mass is 9.98. The maximum absolute atomic E-state index is 10.5. The average molecular weight is 346 g/mol. The Bertz CT molecular complexity index is 713. The highest BCUT2D eigenvalue weighted by Crippen LogP contribution is 2.24. The molecule has 134 valence electrons. The van der Waals surface area contributed by atoms with Crippen LogP contribution < -0.4 is 4.74 Å². The van der Waals surface area contributed by atoms with Crippen LogP contribution in [-0.2, 0) is 24.4 Å². The molecule has 25 heavy (non-hydrogen) atoms. The summed E-state index contributed by atoms with van der Waals surface area (Å²) in [6, 6.07) is 12.2. The number of carboxylic acid groups (broad SMARTS) is 1. The van der Waals surface area contributed by atoms with Gasteiger partial charge in [-0.3, -0.25) is 0 Å². The molecule has 0 amide bonds. The van der Waals surface area contributed by atoms with Gasteiger partial charge in [-0.15, -0.1) is 0 Å². The average Bonchev–Trinajstić information content (AvgIpc) is 2.64. The van der Waals surface area contributed by atoms with Crippen molar-refractivity contribution in [2.75, 3.05) is 6.61 Å². The summed E-state index contributed by atoms with van der Waals surface area (Å²) in [5.41, 5.74) is 2.98. The molecule has 0 aliphatic carbocycles. The highest BCUT2D eigenvalue weighted by atomic mass is 16.5. The summed E-state index contributed by atoms with van der Waals surface area (Å²) in [5.74, 6) is -0.661. The molecule has 0 spiro atoms. The molecule has 4 N–H and O–H groups in total. The van der Waals surface area contributed by atoms with Crippen molar-refractivity contribution in [3.05, 3.63) is 64.7 Å². The number of hydrogen-bond donors (Lipinski definition) is 4. The van der Waals surface area contributed by atoms with Gasteiger partial charge < -0.3 is 25.2 Å². The molecule has 0 aromatic heterocycles. The van der Waals surface area contributed by atoms with Crippen LogP contribution >= 0.6 is 0 Å². The third-order valence-corrected chi connectivity index (χ3v) is 3.92. The van der Waals surface area contributed by atoms with Crippen LogP contribution in [0.25, 0.3) is 0 Å². The fourth-order valence-electron chi connectivity index (χ4n) is 2.56. The minimum atomic E-state index is -1.06. The van der Waals surface area contributed by atoms with E-state index in [-0.39, 0.29) is 13.2 Å². The molecule has 0 saturated carbocycles. The van der Waals surface area contributed by atoms with E-state index in [1.165, 1.54) is 0 Å². The van der Waals surface area contributed by atoms with Gasteiger partial charge in [-0.25, -0.2) is 4.79 Å². The highest BCUT2D eigenvalue weighted by Gasteiger charge is 2.10. The fraction of sp³-hybridized carbons (Fsp3) is 0.316. The van der Waals surface area contributed by atoms with Gasteiger partial charge in [0.15, 0.2) is 6.61 Å². The number of ether oxygens (including phenoxy) is 1. The van der Waals surface area contributed by atoms with Crippen molar-refractivity contribution in [3.8, 4) is 5.75 Å². The van der Waals surface area contributed by atoms with Crippen LogP contribution in [0.15, 0.2) is 42.5 Å². The lowest BCUT2D eigenvalue weighted by Crippen LogP contribution is -2.09. The summed E-state index contributed by atoms with van der Waals surface area (Å²) < 4.78 is 5.11. The molecule has 2 rings (SSSR count). The van der Waals surface area contributed by atoms with Gasteiger partial charge in [-0.05, 0) is 47.2 Å². The molecule has 1 atom stereocenters. The Morgan fingerprint density at radius 2 is 1.80 bits per heavy atom. The lowest BCUT2D eigenvalue weighted by molar-refractivity contribution is -0.139. The third kappa shape index (κ3) is 5.56. The van der Waals surface area contributed by atoms with Crippen LogP contribution in [0.5, 0.6) is 5.75 Å². The van der Waals surface area contributed by atoms with Gasteiger partial charge in [0.05, 0.1) is 19.3 Å². The smallest absolute Gasteiger partial charge is 0.341 e. The maximum Gasteiger partial charge on any atom is 0.341 e. The number of hydrogen-bond acceptors (Lipinski definition) is 5. The highest BCUT2D eigenvalue weighted by molar-refractivity contribution is 5.68. The van der Waals surface area contributed by atoms with Crippen molar-refractivity contribution in [2.24, 2.45) is 0 Å². The molecule has 0 saturated heterocycles. The van der Waals surface area contributed by atoms with Gasteiger partial charge in [0, 0.05) is 0 Å². The molecule has 6 nitrogen and oxygen atoms in total. The van der Waals surface area contributed by atoms with Crippen LogP contribution in [0.2, 0.25) is 0 Å². The summed E-state index contributed by atoms with van der Waals surface area (Å²) in [7, 11) is 0. The predicted octanol–water partition coefficient (Wildman–Crippen LogP) is 1.80. The Balaban J connectivity index is 1.99. The van der Waals surface area contributed by atoms with Crippen LogP contribution in [0.1, 0.15) is 34.8 Å². The van der Waals surface area contributed by atoms with E-state index in [0.717, 1.165) is 5.56 Å². The monoisotopic (exact) mass is 346 g/mol. The molecule has 2 aromatic rings. The van der Waals surface area contributed by atoms with Gasteiger partial charge in [0.1, 0.15) is 5.75 Å². The standard InChI is InChI=1S/C19H22O6/c20-10-15-6-4-13(8-16(15)11-21)5-7-18(22)14-2-1-3-17(9-14)25-12-19(23)24/h1-4,6,8-9,18,20-22H,5,7,10-12H2,(H,23,24)/t18-/m1/s1. The first-order valence-corrected chi connectivity index (χ1v) is 7.98. The molecule has 0 radical (unpaired) electrons. The second-order valence-electron chi connectivity index (χ2n) is 5.73. The first-order valence-electron chi connectivity index (χ1n) is 7.98. The largest absolute Gasteiger partial charge is 0.482 e. The molecule has 2 aromatic carbocycles. The number of aliphatic hydroxyl groups is 3. The van der Waals surface area contributed by atoms with E-state index in [9.17, 15) is 20.1 Å². The minimum absolute atomic E-state index is 0.123. The Labute approximate surface area is 145 Å². The molecule has 0 unspecified atom stereocenters. The van der Waals surface area contributed by atoms with Gasteiger partial charge >= 0.3 is 5.97 Å². The summed E-state index contributed by atoms with van der Waals surface area (Å²) in [4.78, 5) is 10.5. The molecule has 0 fully saturated rings. The van der Waals surface area contributed by atoms with E-state index in [2.05, 4.69) is 0 Å². The van der Waals surface area contributed by atoms with Crippen LogP contribution in [0.3, 0.4) is 0 Å². The van der Waals surface area contributed by atoms with Gasteiger partial charge in [-0.1, -0.05) is 30.3 Å². The van der Waals surface area contributed by atoms with E-state index >= 15 is 0 Å². The number of aryl methyl sites for hydroxylation is 1. The van der Waals surface area contributed by atoms with Crippen molar-refractivity contribution in [3.63, 3.8) is 0 Å². The van der Waals surface area contributed by atoms with Crippen molar-refractivity contribution >= 4 is 5.97 Å². The van der Waals surface area contributed by atoms with Crippen molar-refractivity contribution < 1.29 is 30.0 Å². The van der Waals surface area contributed by atoms with E-state index in [4.69, 9.17) is 9.84 Å². The van der Waals surface area contributed by atoms with E-state index < -0.39 is 18.7 Å². The lowest BCUT2D eigenvalue weighted by Gasteiger charge is -2.13. The number of rotatable bonds is 9. The Morgan fingerprint density at radius 3 is 2.48 bits per heavy atom. The SMILES string of the molecule is O=C(O)COc1cccc([C@H](O)CCc2ccc(CO)c(CO)c2)c1. The number of carboxylic acids is 1. The van der Waals surface area contributed by atoms with Gasteiger partial charge in [-0.2, -0.15) is 0 Å². The van der Waals surface area contributed by atoms with E-state index in [1.807, 2.05) is 12.1 Å². The molecule has 0 bridgehead atoms. The number of aliphatic hydroxyl groups excluding tert-OH is 3. The number of benzene rings is 2. The zero-order valence-electron chi connectivity index (χ0n) is 13.8. The van der Waals surface area contributed by atoms with Crippen molar-refractivity contribution in [1.29, 1.82) is 0 Å². The van der Waals surface area contributed by atoms with Crippen molar-refractivity contribution in [1.82, 2.24) is 0 Å². The fourth-order valence-corrected chi connectivity index (χ4v) is 2.56. The molecular weight excluding hydrogens is 324 g/mol. The Morgan fingerprint density at radius 1 is 1.04 bits per heavy atom. The normalized spacial score (nSPS) is 12.0. The minimum Gasteiger partial charge on any atom is -0.482 e. The Kier molecular flexibility index (Phi) is 6.94. The molecule has 0 aliphatic rings. The molecule has 0 aliphatic heterocycles. The number of carbonyl (C=O) groups is 1. The predicted molar refractivity (Wildman–Crippen MR) is 91.1 cm³/mol. The first-order chi connectivity index (χ1) is 12.0. The topological polar surface area (TPSA) is 107 Å². The van der Waals surface area contributed by atoms with Gasteiger partial charge in [0.25, 0.3) is 0 Å². The van der Waals surface area contributed by atoms with Gasteiger partial charge in [0.2, 0.25) is 0 Å². The molecular formula is C19H22O6. The first kappa shape index (κ1) is 18.9. The van der Waals surface area contributed by atoms with Crippen molar-refractivity contribution in [2.45, 2.75) is 32.2 Å². The number of aliphatic carboxylic acids is 1. The zero-order chi connectivity index (χ0) is 18.2. The summed E-state index contributed by atoms with van der Waals surface area (Å²) in [6.45, 7) is -0.697.